The third-order valence-corrected chi connectivity index (χ3v) is 5.33. The number of aliphatic imine (C=N–C) groups is 1. The Morgan fingerprint density at radius 1 is 0.964 bits per heavy atom. The predicted octanol–water partition coefficient (Wildman–Crippen LogP) is 1.38. The normalized spacial score (nSPS) is 11.8. The van der Waals surface area contributed by atoms with E-state index in [1.165, 1.54) is 6.26 Å². The molecule has 0 aliphatic carbocycles. The molecule has 0 fully saturated rings. The summed E-state index contributed by atoms with van der Waals surface area (Å²) in [6.07, 6.45) is 1.20. The average Bonchev–Trinajstić information content (AvgIpc) is 2.66. The molecular weight excluding hydrogens is 376 g/mol. The number of amides is 1. The van der Waals surface area contributed by atoms with Gasteiger partial charge >= 0.3 is 0 Å². The monoisotopic (exact) mass is 402 g/mol. The maximum atomic E-state index is 12.0. The summed E-state index contributed by atoms with van der Waals surface area (Å²) < 4.78 is 23.4. The van der Waals surface area contributed by atoms with Gasteiger partial charge in [0.2, 0.25) is 5.91 Å². The highest BCUT2D eigenvalue weighted by atomic mass is 32.2. The Balaban J connectivity index is 1.81. The molecule has 150 valence electrons. The number of aryl methyl sites for hydroxylation is 1. The summed E-state index contributed by atoms with van der Waals surface area (Å²) in [5.74, 6) is 0.347. The molecule has 0 aliphatic heterocycles. The Bertz CT molecular complexity index is 941. The molecule has 3 N–H and O–H groups in total. The molecule has 2 aromatic rings. The highest BCUT2D eigenvalue weighted by Gasteiger charge is 2.11. The summed E-state index contributed by atoms with van der Waals surface area (Å²) in [6, 6.07) is 14.9. The van der Waals surface area contributed by atoms with Crippen molar-refractivity contribution in [2.45, 2.75) is 24.9 Å². The van der Waals surface area contributed by atoms with Gasteiger partial charge in [-0.1, -0.05) is 42.5 Å². The number of benzene rings is 2. The SMILES string of the molecule is CN=C(NCC(=O)NCc1ccccc1)NCc1ccc(S(C)(=O)=O)c(C)c1. The van der Waals surface area contributed by atoms with E-state index in [9.17, 15) is 13.2 Å². The molecule has 7 nitrogen and oxygen atoms in total. The fraction of sp³-hybridized carbons (Fsp3) is 0.300. The van der Waals surface area contributed by atoms with E-state index in [0.717, 1.165) is 11.1 Å². The lowest BCUT2D eigenvalue weighted by atomic mass is 10.1. The summed E-state index contributed by atoms with van der Waals surface area (Å²) in [7, 11) is -1.61. The number of carbonyl (C=O) groups excluding carboxylic acids is 1. The van der Waals surface area contributed by atoms with Crippen molar-refractivity contribution in [1.29, 1.82) is 0 Å². The van der Waals surface area contributed by atoms with Crippen molar-refractivity contribution >= 4 is 21.7 Å². The van der Waals surface area contributed by atoms with Gasteiger partial charge in [0.1, 0.15) is 0 Å². The lowest BCUT2D eigenvalue weighted by Gasteiger charge is -2.13. The van der Waals surface area contributed by atoms with Gasteiger partial charge in [0.15, 0.2) is 15.8 Å². The molecule has 0 aromatic heterocycles. The fourth-order valence-electron chi connectivity index (χ4n) is 2.67. The van der Waals surface area contributed by atoms with Crippen molar-refractivity contribution < 1.29 is 13.2 Å². The first-order valence-corrected chi connectivity index (χ1v) is 10.7. The van der Waals surface area contributed by atoms with Gasteiger partial charge in [-0.15, -0.1) is 0 Å². The summed E-state index contributed by atoms with van der Waals surface area (Å²) in [5, 5.41) is 8.91. The van der Waals surface area contributed by atoms with E-state index in [-0.39, 0.29) is 12.5 Å². The fourth-order valence-corrected chi connectivity index (χ4v) is 3.63. The highest BCUT2D eigenvalue weighted by molar-refractivity contribution is 7.90. The minimum Gasteiger partial charge on any atom is -0.352 e. The Morgan fingerprint density at radius 3 is 2.25 bits per heavy atom. The molecule has 0 atom stereocenters. The summed E-state index contributed by atoms with van der Waals surface area (Å²) >= 11 is 0. The maximum Gasteiger partial charge on any atom is 0.239 e. The highest BCUT2D eigenvalue weighted by Crippen LogP contribution is 2.16. The van der Waals surface area contributed by atoms with Crippen LogP contribution in [0.1, 0.15) is 16.7 Å². The number of guanidine groups is 1. The summed E-state index contributed by atoms with van der Waals surface area (Å²) in [6.45, 7) is 2.79. The molecule has 2 rings (SSSR count). The molecule has 0 unspecified atom stereocenters. The van der Waals surface area contributed by atoms with Crippen LogP contribution in [0.5, 0.6) is 0 Å². The van der Waals surface area contributed by atoms with Crippen molar-refractivity contribution in [3.8, 4) is 0 Å². The Hall–Kier alpha value is -2.87. The van der Waals surface area contributed by atoms with Crippen LogP contribution in [0.25, 0.3) is 0 Å². The smallest absolute Gasteiger partial charge is 0.239 e. The Labute approximate surface area is 166 Å². The molecule has 0 radical (unpaired) electrons. The standard InChI is InChI=1S/C20H26N4O3S/c1-15-11-17(9-10-18(15)28(3,26)27)13-23-20(21-2)24-14-19(25)22-12-16-7-5-4-6-8-16/h4-11H,12-14H2,1-3H3,(H,22,25)(H2,21,23,24). The van der Waals surface area contributed by atoms with Gasteiger partial charge in [-0.25, -0.2) is 8.42 Å². The number of nitrogens with zero attached hydrogens (tertiary/aromatic N) is 1. The molecule has 0 heterocycles. The average molecular weight is 403 g/mol. The van der Waals surface area contributed by atoms with Crippen molar-refractivity contribution in [1.82, 2.24) is 16.0 Å². The molecule has 2 aromatic carbocycles. The molecule has 0 spiro atoms. The first-order chi connectivity index (χ1) is 13.3. The minimum atomic E-state index is -3.23. The van der Waals surface area contributed by atoms with Crippen LogP contribution < -0.4 is 16.0 Å². The summed E-state index contributed by atoms with van der Waals surface area (Å²) in [5.41, 5.74) is 2.65. The van der Waals surface area contributed by atoms with Crippen molar-refractivity contribution in [3.05, 3.63) is 65.2 Å². The first kappa shape index (κ1) is 21.4. The van der Waals surface area contributed by atoms with Crippen LogP contribution in [0, 0.1) is 6.92 Å². The van der Waals surface area contributed by atoms with Gasteiger partial charge < -0.3 is 16.0 Å². The first-order valence-electron chi connectivity index (χ1n) is 8.84. The zero-order chi connectivity index (χ0) is 20.6. The van der Waals surface area contributed by atoms with Gasteiger partial charge in [-0.05, 0) is 29.7 Å². The van der Waals surface area contributed by atoms with E-state index in [1.807, 2.05) is 36.4 Å². The number of nitrogens with one attached hydrogen (secondary N) is 3. The lowest BCUT2D eigenvalue weighted by molar-refractivity contribution is -0.120. The van der Waals surface area contributed by atoms with Crippen LogP contribution in [-0.4, -0.2) is 40.1 Å². The van der Waals surface area contributed by atoms with Crippen LogP contribution in [0.3, 0.4) is 0 Å². The molecule has 0 saturated carbocycles. The zero-order valence-electron chi connectivity index (χ0n) is 16.3. The quantitative estimate of drug-likeness (QED) is 0.480. The van der Waals surface area contributed by atoms with E-state index in [1.54, 1.807) is 26.1 Å². The van der Waals surface area contributed by atoms with Gasteiger partial charge in [-0.2, -0.15) is 0 Å². The van der Waals surface area contributed by atoms with Crippen LogP contribution in [0.2, 0.25) is 0 Å². The summed E-state index contributed by atoms with van der Waals surface area (Å²) in [4.78, 5) is 16.4. The molecule has 1 amide bonds. The van der Waals surface area contributed by atoms with E-state index in [0.29, 0.717) is 29.5 Å². The third-order valence-electron chi connectivity index (χ3n) is 4.07. The van der Waals surface area contributed by atoms with Crippen LogP contribution in [0.4, 0.5) is 0 Å². The topological polar surface area (TPSA) is 99.7 Å². The largest absolute Gasteiger partial charge is 0.352 e. The molecule has 0 bridgehead atoms. The molecule has 28 heavy (non-hydrogen) atoms. The van der Waals surface area contributed by atoms with Gasteiger partial charge in [-0.3, -0.25) is 9.79 Å². The lowest BCUT2D eigenvalue weighted by Crippen LogP contribution is -2.42. The van der Waals surface area contributed by atoms with E-state index in [2.05, 4.69) is 20.9 Å². The van der Waals surface area contributed by atoms with Crippen molar-refractivity contribution in [2.24, 2.45) is 4.99 Å². The second-order valence-electron chi connectivity index (χ2n) is 6.41. The zero-order valence-corrected chi connectivity index (χ0v) is 17.1. The van der Waals surface area contributed by atoms with Crippen LogP contribution >= 0.6 is 0 Å². The maximum absolute atomic E-state index is 12.0. The van der Waals surface area contributed by atoms with E-state index < -0.39 is 9.84 Å². The number of hydrogen-bond acceptors (Lipinski definition) is 4. The second-order valence-corrected chi connectivity index (χ2v) is 8.40. The molecule has 0 saturated heterocycles. The van der Waals surface area contributed by atoms with E-state index in [4.69, 9.17) is 0 Å². The second kappa shape index (κ2) is 9.89. The van der Waals surface area contributed by atoms with Gasteiger partial charge in [0, 0.05) is 26.4 Å². The number of carbonyl (C=O) groups is 1. The van der Waals surface area contributed by atoms with Gasteiger partial charge in [0.05, 0.1) is 11.4 Å². The Morgan fingerprint density at radius 2 is 1.64 bits per heavy atom. The van der Waals surface area contributed by atoms with Crippen LogP contribution in [-0.2, 0) is 27.7 Å². The number of hydrogen-bond donors (Lipinski definition) is 3. The van der Waals surface area contributed by atoms with Crippen molar-refractivity contribution in [3.63, 3.8) is 0 Å². The predicted molar refractivity (Wildman–Crippen MR) is 111 cm³/mol. The molecule has 8 heteroatoms. The third kappa shape index (κ3) is 6.70. The number of sulfone groups is 1. The molecular formula is C20H26N4O3S. The Kier molecular flexibility index (Phi) is 7.57. The van der Waals surface area contributed by atoms with Crippen molar-refractivity contribution in [2.75, 3.05) is 19.8 Å². The van der Waals surface area contributed by atoms with E-state index >= 15 is 0 Å². The number of rotatable bonds is 7. The van der Waals surface area contributed by atoms with Gasteiger partial charge in [0.25, 0.3) is 0 Å². The minimum absolute atomic E-state index is 0.0958. The van der Waals surface area contributed by atoms with Crippen LogP contribution in [0.15, 0.2) is 58.4 Å². The molecule has 0 aliphatic rings.